The summed E-state index contributed by atoms with van der Waals surface area (Å²) in [6.45, 7) is 5.58. The number of rotatable bonds is 3. The maximum atomic E-state index is 12.1. The maximum absolute atomic E-state index is 12.1. The molecule has 2 atom stereocenters. The highest BCUT2D eigenvalue weighted by Crippen LogP contribution is 2.41. The number of furan rings is 1. The summed E-state index contributed by atoms with van der Waals surface area (Å²) in [5, 5.41) is 2.94. The van der Waals surface area contributed by atoms with Gasteiger partial charge in [0.1, 0.15) is 11.7 Å². The highest BCUT2D eigenvalue weighted by molar-refractivity contribution is 5.93. The van der Waals surface area contributed by atoms with E-state index in [4.69, 9.17) is 13.9 Å². The van der Waals surface area contributed by atoms with Crippen LogP contribution in [0.3, 0.4) is 0 Å². The fourth-order valence-electron chi connectivity index (χ4n) is 2.56. The van der Waals surface area contributed by atoms with E-state index in [9.17, 15) is 9.59 Å². The van der Waals surface area contributed by atoms with E-state index in [1.165, 1.54) is 20.5 Å². The third-order valence-corrected chi connectivity index (χ3v) is 3.48. The van der Waals surface area contributed by atoms with E-state index in [0.29, 0.717) is 22.7 Å². The van der Waals surface area contributed by atoms with Crippen LogP contribution in [0, 0.1) is 5.92 Å². The standard InChI is InChI=1S/C15H17NO5/c1-8-11(14(17)19-3)13(10-6-5-7-21-10)12(9(2)16-8)15(18)20-4/h5-7,11,13,16H,1H2,2-4H3. The highest BCUT2D eigenvalue weighted by Gasteiger charge is 2.44. The number of allylic oxidation sites excluding steroid dienone is 1. The van der Waals surface area contributed by atoms with Crippen molar-refractivity contribution >= 4 is 11.9 Å². The van der Waals surface area contributed by atoms with Gasteiger partial charge < -0.3 is 19.2 Å². The molecule has 112 valence electrons. The summed E-state index contributed by atoms with van der Waals surface area (Å²) in [7, 11) is 2.58. The Hall–Kier alpha value is -2.50. The Bertz CT molecular complexity index is 600. The highest BCUT2D eigenvalue weighted by atomic mass is 16.5. The second-order valence-corrected chi connectivity index (χ2v) is 4.67. The van der Waals surface area contributed by atoms with Crippen LogP contribution in [0.25, 0.3) is 0 Å². The number of esters is 2. The van der Waals surface area contributed by atoms with Crippen molar-refractivity contribution in [2.24, 2.45) is 5.92 Å². The first-order valence-corrected chi connectivity index (χ1v) is 6.37. The van der Waals surface area contributed by atoms with Crippen LogP contribution in [0.2, 0.25) is 0 Å². The molecule has 0 radical (unpaired) electrons. The Balaban J connectivity index is 2.60. The molecule has 1 aromatic heterocycles. The van der Waals surface area contributed by atoms with Crippen LogP contribution >= 0.6 is 0 Å². The zero-order valence-corrected chi connectivity index (χ0v) is 12.1. The van der Waals surface area contributed by atoms with Crippen LogP contribution in [0.15, 0.2) is 46.4 Å². The largest absolute Gasteiger partial charge is 0.469 e. The third kappa shape index (κ3) is 2.56. The van der Waals surface area contributed by atoms with Crippen molar-refractivity contribution in [2.75, 3.05) is 14.2 Å². The first-order valence-electron chi connectivity index (χ1n) is 6.37. The molecule has 21 heavy (non-hydrogen) atoms. The van der Waals surface area contributed by atoms with Gasteiger partial charge in [-0.15, -0.1) is 0 Å². The first kappa shape index (κ1) is 14.9. The number of carbonyl (C=O) groups is 2. The van der Waals surface area contributed by atoms with E-state index in [1.807, 2.05) is 0 Å². The third-order valence-electron chi connectivity index (χ3n) is 3.48. The minimum absolute atomic E-state index is 0.329. The molecule has 0 spiro atoms. The van der Waals surface area contributed by atoms with Crippen LogP contribution in [0.1, 0.15) is 18.6 Å². The molecule has 2 heterocycles. The molecule has 0 saturated heterocycles. The van der Waals surface area contributed by atoms with Gasteiger partial charge in [0.2, 0.25) is 0 Å². The lowest BCUT2D eigenvalue weighted by Gasteiger charge is -2.33. The Morgan fingerprint density at radius 2 is 2.05 bits per heavy atom. The number of hydrogen-bond donors (Lipinski definition) is 1. The van der Waals surface area contributed by atoms with E-state index in [2.05, 4.69) is 11.9 Å². The van der Waals surface area contributed by atoms with Gasteiger partial charge >= 0.3 is 11.9 Å². The predicted octanol–water partition coefficient (Wildman–Crippen LogP) is 1.72. The Morgan fingerprint density at radius 3 is 2.57 bits per heavy atom. The molecule has 2 unspecified atom stereocenters. The van der Waals surface area contributed by atoms with Gasteiger partial charge in [-0.25, -0.2) is 4.79 Å². The summed E-state index contributed by atoms with van der Waals surface area (Å²) in [6.07, 6.45) is 1.48. The van der Waals surface area contributed by atoms with E-state index in [0.717, 1.165) is 0 Å². The molecule has 6 heteroatoms. The second-order valence-electron chi connectivity index (χ2n) is 4.67. The van der Waals surface area contributed by atoms with E-state index in [1.54, 1.807) is 19.1 Å². The molecule has 1 aromatic rings. The first-order chi connectivity index (χ1) is 10.0. The molecule has 0 saturated carbocycles. The molecule has 2 rings (SSSR count). The zero-order valence-electron chi connectivity index (χ0n) is 12.1. The summed E-state index contributed by atoms with van der Waals surface area (Å²) in [5.74, 6) is -1.94. The minimum atomic E-state index is -0.765. The molecule has 1 N–H and O–H groups in total. The summed E-state index contributed by atoms with van der Waals surface area (Å²) >= 11 is 0. The molecule has 1 aliphatic rings. The van der Waals surface area contributed by atoms with Gasteiger partial charge in [0.05, 0.1) is 32.0 Å². The lowest BCUT2D eigenvalue weighted by Crippen LogP contribution is -2.39. The lowest BCUT2D eigenvalue weighted by atomic mass is 9.78. The van der Waals surface area contributed by atoms with Gasteiger partial charge in [-0.05, 0) is 19.1 Å². The Morgan fingerprint density at radius 1 is 1.33 bits per heavy atom. The average Bonchev–Trinajstić information content (AvgIpc) is 2.99. The van der Waals surface area contributed by atoms with Gasteiger partial charge in [0, 0.05) is 11.4 Å². The molecule has 0 bridgehead atoms. The summed E-state index contributed by atoms with van der Waals surface area (Å²) in [6, 6.07) is 3.40. The van der Waals surface area contributed by atoms with E-state index in [-0.39, 0.29) is 0 Å². The summed E-state index contributed by atoms with van der Waals surface area (Å²) < 4.78 is 15.1. The van der Waals surface area contributed by atoms with Crippen molar-refractivity contribution in [3.63, 3.8) is 0 Å². The van der Waals surface area contributed by atoms with Crippen LogP contribution in [-0.2, 0) is 19.1 Å². The van der Waals surface area contributed by atoms with E-state index < -0.39 is 23.8 Å². The molecule has 0 aliphatic carbocycles. The normalized spacial score (nSPS) is 21.8. The van der Waals surface area contributed by atoms with E-state index >= 15 is 0 Å². The molecule has 6 nitrogen and oxygen atoms in total. The van der Waals surface area contributed by atoms with Crippen molar-refractivity contribution in [3.8, 4) is 0 Å². The minimum Gasteiger partial charge on any atom is -0.469 e. The molecular formula is C15H17NO5. The SMILES string of the molecule is C=C1NC(C)=C(C(=O)OC)C(c2ccco2)C1C(=O)OC. The topological polar surface area (TPSA) is 77.8 Å². The van der Waals surface area contributed by atoms with Crippen LogP contribution in [0.4, 0.5) is 0 Å². The number of carbonyl (C=O) groups excluding carboxylic acids is 2. The summed E-state index contributed by atoms with van der Waals surface area (Å²) in [5.41, 5.74) is 1.36. The molecule has 0 amide bonds. The molecular weight excluding hydrogens is 274 g/mol. The zero-order chi connectivity index (χ0) is 15.6. The fourth-order valence-corrected chi connectivity index (χ4v) is 2.56. The van der Waals surface area contributed by atoms with Gasteiger partial charge in [0.15, 0.2) is 0 Å². The van der Waals surface area contributed by atoms with Crippen molar-refractivity contribution < 1.29 is 23.5 Å². The van der Waals surface area contributed by atoms with Crippen molar-refractivity contribution in [1.82, 2.24) is 5.32 Å². The monoisotopic (exact) mass is 291 g/mol. The molecule has 1 aliphatic heterocycles. The van der Waals surface area contributed by atoms with Gasteiger partial charge in [-0.2, -0.15) is 0 Å². The van der Waals surface area contributed by atoms with Crippen molar-refractivity contribution in [3.05, 3.63) is 47.7 Å². The Labute approximate surface area is 122 Å². The summed E-state index contributed by atoms with van der Waals surface area (Å²) in [4.78, 5) is 24.2. The Kier molecular flexibility index (Phi) is 4.16. The second kappa shape index (κ2) is 5.87. The fraction of sp³-hybridized carbons (Fsp3) is 0.333. The predicted molar refractivity (Wildman–Crippen MR) is 73.9 cm³/mol. The molecule has 0 aromatic carbocycles. The lowest BCUT2D eigenvalue weighted by molar-refractivity contribution is -0.145. The van der Waals surface area contributed by atoms with Crippen LogP contribution in [0.5, 0.6) is 0 Å². The number of methoxy groups -OCH3 is 2. The van der Waals surface area contributed by atoms with Gasteiger partial charge in [0.25, 0.3) is 0 Å². The van der Waals surface area contributed by atoms with Gasteiger partial charge in [-0.3, -0.25) is 4.79 Å². The maximum Gasteiger partial charge on any atom is 0.336 e. The van der Waals surface area contributed by atoms with Crippen LogP contribution < -0.4 is 5.32 Å². The van der Waals surface area contributed by atoms with Gasteiger partial charge in [-0.1, -0.05) is 6.58 Å². The smallest absolute Gasteiger partial charge is 0.336 e. The van der Waals surface area contributed by atoms with Crippen molar-refractivity contribution in [2.45, 2.75) is 12.8 Å². The number of nitrogens with one attached hydrogen (secondary N) is 1. The quantitative estimate of drug-likeness (QED) is 0.854. The van der Waals surface area contributed by atoms with Crippen LogP contribution in [-0.4, -0.2) is 26.2 Å². The average molecular weight is 291 g/mol. The molecule has 0 fully saturated rings. The number of hydrogen-bond acceptors (Lipinski definition) is 6. The van der Waals surface area contributed by atoms with Crippen molar-refractivity contribution in [1.29, 1.82) is 0 Å². The number of ether oxygens (including phenoxy) is 2.